The third-order valence-corrected chi connectivity index (χ3v) is 3.47. The minimum absolute atomic E-state index is 0.0515. The third-order valence-electron chi connectivity index (χ3n) is 3.47. The molecule has 1 unspecified atom stereocenters. The Morgan fingerprint density at radius 1 is 1.45 bits per heavy atom. The Balaban J connectivity index is 1.85. The highest BCUT2D eigenvalue weighted by Gasteiger charge is 2.18. The van der Waals surface area contributed by atoms with Gasteiger partial charge >= 0.3 is 5.97 Å². The van der Waals surface area contributed by atoms with Crippen LogP contribution in [0, 0.1) is 0 Å². The van der Waals surface area contributed by atoms with Crippen molar-refractivity contribution in [3.63, 3.8) is 0 Å². The van der Waals surface area contributed by atoms with Crippen molar-refractivity contribution in [2.75, 3.05) is 18.5 Å². The smallest absolute Gasteiger partial charge is 0.339 e. The van der Waals surface area contributed by atoms with Crippen molar-refractivity contribution in [1.29, 1.82) is 0 Å². The van der Waals surface area contributed by atoms with E-state index in [9.17, 15) is 9.90 Å². The van der Waals surface area contributed by atoms with Crippen LogP contribution in [0.25, 0.3) is 11.3 Å². The molecule has 1 aliphatic heterocycles. The van der Waals surface area contributed by atoms with Gasteiger partial charge in [-0.15, -0.1) is 0 Å². The average molecular weight is 300 g/mol. The zero-order chi connectivity index (χ0) is 15.4. The number of nitrogens with zero attached hydrogens (tertiary/aromatic N) is 3. The molecule has 2 N–H and O–H groups in total. The summed E-state index contributed by atoms with van der Waals surface area (Å²) in [4.78, 5) is 23.7. The van der Waals surface area contributed by atoms with Crippen LogP contribution in [0.4, 0.5) is 5.95 Å². The minimum Gasteiger partial charge on any atom is -0.478 e. The molecule has 3 heterocycles. The van der Waals surface area contributed by atoms with Gasteiger partial charge in [-0.1, -0.05) is 0 Å². The van der Waals surface area contributed by atoms with Gasteiger partial charge in [0.05, 0.1) is 11.8 Å². The van der Waals surface area contributed by atoms with E-state index in [-0.39, 0.29) is 11.7 Å². The number of pyridine rings is 1. The van der Waals surface area contributed by atoms with Gasteiger partial charge in [0, 0.05) is 37.3 Å². The second-order valence-electron chi connectivity index (χ2n) is 5.02. The molecule has 0 amide bonds. The molecule has 1 aliphatic rings. The van der Waals surface area contributed by atoms with Gasteiger partial charge in [-0.05, 0) is 25.0 Å². The van der Waals surface area contributed by atoms with E-state index in [1.807, 2.05) is 0 Å². The summed E-state index contributed by atoms with van der Waals surface area (Å²) in [6.45, 7) is 1.39. The summed E-state index contributed by atoms with van der Waals surface area (Å²) in [7, 11) is 0. The molecular weight excluding hydrogens is 284 g/mol. The van der Waals surface area contributed by atoms with Gasteiger partial charge in [-0.2, -0.15) is 0 Å². The number of aromatic carboxylic acids is 1. The summed E-state index contributed by atoms with van der Waals surface area (Å²) in [5.74, 6) is -0.677. The standard InChI is InChI=1S/C15H16N4O3/c20-14(21)12-9-18-15(17-8-11-4-2-6-22-11)19-13(12)10-3-1-5-16-7-10/h1,3,5,7,9,11H,2,4,6,8H2,(H,20,21)(H,17,18,19). The largest absolute Gasteiger partial charge is 0.478 e. The van der Waals surface area contributed by atoms with Crippen LogP contribution in [-0.2, 0) is 4.74 Å². The van der Waals surface area contributed by atoms with Gasteiger partial charge < -0.3 is 15.2 Å². The highest BCUT2D eigenvalue weighted by atomic mass is 16.5. The normalized spacial score (nSPS) is 17.4. The molecule has 22 heavy (non-hydrogen) atoms. The van der Waals surface area contributed by atoms with Crippen molar-refractivity contribution in [2.45, 2.75) is 18.9 Å². The molecule has 0 bridgehead atoms. The lowest BCUT2D eigenvalue weighted by Gasteiger charge is -2.12. The maximum Gasteiger partial charge on any atom is 0.339 e. The highest BCUT2D eigenvalue weighted by molar-refractivity contribution is 5.94. The number of anilines is 1. The first-order valence-electron chi connectivity index (χ1n) is 7.10. The van der Waals surface area contributed by atoms with Crippen molar-refractivity contribution in [3.05, 3.63) is 36.3 Å². The molecule has 0 radical (unpaired) electrons. The predicted octanol–water partition coefficient (Wildman–Crippen LogP) is 1.83. The lowest BCUT2D eigenvalue weighted by atomic mass is 10.1. The molecule has 2 aromatic heterocycles. The van der Waals surface area contributed by atoms with Crippen LogP contribution in [0.2, 0.25) is 0 Å². The van der Waals surface area contributed by atoms with Gasteiger partial charge in [0.25, 0.3) is 0 Å². The Bertz CT molecular complexity index is 657. The van der Waals surface area contributed by atoms with Crippen molar-refractivity contribution in [3.8, 4) is 11.3 Å². The second kappa shape index (κ2) is 6.48. The summed E-state index contributed by atoms with van der Waals surface area (Å²) in [6, 6.07) is 3.51. The Morgan fingerprint density at radius 2 is 2.36 bits per heavy atom. The van der Waals surface area contributed by atoms with E-state index in [4.69, 9.17) is 4.74 Å². The summed E-state index contributed by atoms with van der Waals surface area (Å²) >= 11 is 0. The Kier molecular flexibility index (Phi) is 4.24. The molecule has 0 saturated carbocycles. The molecule has 7 nitrogen and oxygen atoms in total. The number of hydrogen-bond donors (Lipinski definition) is 2. The molecule has 114 valence electrons. The zero-order valence-electron chi connectivity index (χ0n) is 11.9. The monoisotopic (exact) mass is 300 g/mol. The molecule has 0 spiro atoms. The summed E-state index contributed by atoms with van der Waals surface area (Å²) < 4.78 is 5.53. The number of rotatable bonds is 5. The van der Waals surface area contributed by atoms with Crippen molar-refractivity contribution in [1.82, 2.24) is 15.0 Å². The van der Waals surface area contributed by atoms with Crippen LogP contribution in [0.3, 0.4) is 0 Å². The van der Waals surface area contributed by atoms with E-state index in [2.05, 4.69) is 20.3 Å². The van der Waals surface area contributed by atoms with Gasteiger partial charge in [-0.25, -0.2) is 14.8 Å². The van der Waals surface area contributed by atoms with E-state index < -0.39 is 5.97 Å². The fraction of sp³-hybridized carbons (Fsp3) is 0.333. The van der Waals surface area contributed by atoms with Crippen LogP contribution in [0.15, 0.2) is 30.7 Å². The van der Waals surface area contributed by atoms with E-state index in [1.54, 1.807) is 24.5 Å². The van der Waals surface area contributed by atoms with Crippen LogP contribution in [0.5, 0.6) is 0 Å². The molecule has 0 aliphatic carbocycles. The maximum atomic E-state index is 11.3. The van der Waals surface area contributed by atoms with Crippen molar-refractivity contribution < 1.29 is 14.6 Å². The fourth-order valence-electron chi connectivity index (χ4n) is 2.36. The number of aromatic nitrogens is 3. The molecule has 3 rings (SSSR count). The molecule has 1 fully saturated rings. The topological polar surface area (TPSA) is 97.2 Å². The van der Waals surface area contributed by atoms with E-state index in [1.165, 1.54) is 6.20 Å². The molecule has 7 heteroatoms. The van der Waals surface area contributed by atoms with Crippen LogP contribution < -0.4 is 5.32 Å². The number of hydrogen-bond acceptors (Lipinski definition) is 6. The first-order chi connectivity index (χ1) is 10.7. The lowest BCUT2D eigenvalue weighted by molar-refractivity contribution is 0.0697. The van der Waals surface area contributed by atoms with E-state index >= 15 is 0 Å². The summed E-state index contributed by atoms with van der Waals surface area (Å²) in [5, 5.41) is 12.4. The van der Waals surface area contributed by atoms with Gasteiger partial charge in [-0.3, -0.25) is 4.98 Å². The predicted molar refractivity (Wildman–Crippen MR) is 79.7 cm³/mol. The number of carbonyl (C=O) groups is 1. The lowest BCUT2D eigenvalue weighted by Crippen LogP contribution is -2.20. The number of nitrogens with one attached hydrogen (secondary N) is 1. The van der Waals surface area contributed by atoms with Crippen LogP contribution in [0.1, 0.15) is 23.2 Å². The molecule has 0 aromatic carbocycles. The van der Waals surface area contributed by atoms with Crippen molar-refractivity contribution >= 4 is 11.9 Å². The third kappa shape index (κ3) is 3.20. The fourth-order valence-corrected chi connectivity index (χ4v) is 2.36. The molecular formula is C15H16N4O3. The highest BCUT2D eigenvalue weighted by Crippen LogP contribution is 2.21. The number of ether oxygens (including phenoxy) is 1. The van der Waals surface area contributed by atoms with Gasteiger partial charge in [0.1, 0.15) is 5.56 Å². The minimum atomic E-state index is -1.07. The average Bonchev–Trinajstić information content (AvgIpc) is 3.07. The van der Waals surface area contributed by atoms with Gasteiger partial charge in [0.15, 0.2) is 0 Å². The Morgan fingerprint density at radius 3 is 3.05 bits per heavy atom. The number of carboxylic acid groups (broad SMARTS) is 1. The zero-order valence-corrected chi connectivity index (χ0v) is 11.9. The van der Waals surface area contributed by atoms with Crippen molar-refractivity contribution in [2.24, 2.45) is 0 Å². The first-order valence-corrected chi connectivity index (χ1v) is 7.10. The van der Waals surface area contributed by atoms with E-state index in [0.29, 0.717) is 23.8 Å². The van der Waals surface area contributed by atoms with Crippen LogP contribution in [-0.4, -0.2) is 45.3 Å². The molecule has 2 aromatic rings. The second-order valence-corrected chi connectivity index (χ2v) is 5.02. The summed E-state index contributed by atoms with van der Waals surface area (Å²) in [5.41, 5.74) is 1.04. The van der Waals surface area contributed by atoms with E-state index in [0.717, 1.165) is 19.4 Å². The molecule has 1 atom stereocenters. The van der Waals surface area contributed by atoms with Crippen LogP contribution >= 0.6 is 0 Å². The summed E-state index contributed by atoms with van der Waals surface area (Å²) in [6.07, 6.45) is 6.75. The quantitative estimate of drug-likeness (QED) is 0.869. The van der Waals surface area contributed by atoms with Gasteiger partial charge in [0.2, 0.25) is 5.95 Å². The molecule has 1 saturated heterocycles. The Hall–Kier alpha value is -2.54. The number of carboxylic acids is 1. The maximum absolute atomic E-state index is 11.3. The Labute approximate surface area is 127 Å². The first kappa shape index (κ1) is 14.4. The SMILES string of the molecule is O=C(O)c1cnc(NCC2CCCO2)nc1-c1cccnc1.